The van der Waals surface area contributed by atoms with E-state index in [0.29, 0.717) is 24.3 Å². The number of rotatable bonds is 6. The number of aliphatic hydroxyl groups excluding tert-OH is 1. The van der Waals surface area contributed by atoms with E-state index in [9.17, 15) is 15.0 Å². The Bertz CT molecular complexity index is 604. The number of piperidine rings is 1. The van der Waals surface area contributed by atoms with Crippen LogP contribution < -0.4 is 0 Å². The smallest absolute Gasteiger partial charge is 0.303 e. The van der Waals surface area contributed by atoms with Gasteiger partial charge in [-0.1, -0.05) is 26.3 Å². The summed E-state index contributed by atoms with van der Waals surface area (Å²) in [6.45, 7) is 10.4. The van der Waals surface area contributed by atoms with Gasteiger partial charge in [0.25, 0.3) is 0 Å². The molecule has 3 rings (SSSR count). The second-order valence-electron chi connectivity index (χ2n) is 10.0. The third kappa shape index (κ3) is 4.88. The summed E-state index contributed by atoms with van der Waals surface area (Å²) in [4.78, 5) is 14.1. The van der Waals surface area contributed by atoms with E-state index < -0.39 is 5.60 Å². The van der Waals surface area contributed by atoms with Gasteiger partial charge in [0.2, 0.25) is 0 Å². The number of carbonyl (C=O) groups is 1. The van der Waals surface area contributed by atoms with Gasteiger partial charge in [-0.2, -0.15) is 0 Å². The Morgan fingerprint density at radius 3 is 2.79 bits per heavy atom. The molecule has 0 amide bonds. The molecule has 3 aliphatic rings. The maximum absolute atomic E-state index is 11.7. The Morgan fingerprint density at radius 2 is 2.10 bits per heavy atom. The zero-order valence-corrected chi connectivity index (χ0v) is 18.8. The van der Waals surface area contributed by atoms with Crippen molar-refractivity contribution in [1.82, 2.24) is 4.90 Å². The molecule has 7 atom stereocenters. The molecule has 0 bridgehead atoms. The number of hydrogen-bond donors (Lipinski definition) is 2. The fourth-order valence-corrected chi connectivity index (χ4v) is 6.28. The zero-order chi connectivity index (χ0) is 21.2. The number of hydrogen-bond acceptors (Lipinski definition) is 5. The normalized spacial score (nSPS) is 39.4. The number of ether oxygens (including phenoxy) is 1. The maximum atomic E-state index is 11.7. The van der Waals surface area contributed by atoms with Gasteiger partial charge < -0.3 is 19.8 Å². The second kappa shape index (κ2) is 9.49. The third-order valence-electron chi connectivity index (χ3n) is 8.06. The summed E-state index contributed by atoms with van der Waals surface area (Å²) >= 11 is 0. The SMILES string of the molecule is CC(=O)O[C@@H]1C[C@@]2(O)[C@H](C)CC[C@@H]([C@H](C)CN3CCCC[C@H]3CCO)[C@H]2C=C1C. The molecule has 5 nitrogen and oxygen atoms in total. The predicted molar refractivity (Wildman–Crippen MR) is 114 cm³/mol. The first-order chi connectivity index (χ1) is 13.8. The van der Waals surface area contributed by atoms with Crippen LogP contribution in [-0.4, -0.2) is 58.5 Å². The summed E-state index contributed by atoms with van der Waals surface area (Å²) in [5, 5.41) is 21.2. The molecule has 1 saturated carbocycles. The first-order valence-electron chi connectivity index (χ1n) is 11.7. The Hall–Kier alpha value is -0.910. The molecule has 1 aliphatic heterocycles. The van der Waals surface area contributed by atoms with Gasteiger partial charge in [-0.15, -0.1) is 0 Å². The van der Waals surface area contributed by atoms with Crippen LogP contribution in [0, 0.1) is 23.7 Å². The van der Waals surface area contributed by atoms with Crippen LogP contribution in [0.5, 0.6) is 0 Å². The molecule has 166 valence electrons. The van der Waals surface area contributed by atoms with Crippen molar-refractivity contribution in [2.24, 2.45) is 23.7 Å². The fourth-order valence-electron chi connectivity index (χ4n) is 6.28. The van der Waals surface area contributed by atoms with Crippen LogP contribution in [0.25, 0.3) is 0 Å². The van der Waals surface area contributed by atoms with Gasteiger partial charge in [-0.25, -0.2) is 0 Å². The van der Waals surface area contributed by atoms with E-state index in [0.717, 1.165) is 37.9 Å². The van der Waals surface area contributed by atoms with Crippen LogP contribution in [-0.2, 0) is 9.53 Å². The average molecular weight is 408 g/mol. The van der Waals surface area contributed by atoms with Crippen molar-refractivity contribution in [3.8, 4) is 0 Å². The van der Waals surface area contributed by atoms with Gasteiger partial charge in [-0.3, -0.25) is 4.79 Å². The largest absolute Gasteiger partial charge is 0.458 e. The molecule has 0 aromatic carbocycles. The van der Waals surface area contributed by atoms with Crippen molar-refractivity contribution >= 4 is 5.97 Å². The highest BCUT2D eigenvalue weighted by atomic mass is 16.5. The summed E-state index contributed by atoms with van der Waals surface area (Å²) in [5.41, 5.74) is 0.278. The minimum atomic E-state index is -0.802. The number of nitrogens with zero attached hydrogens (tertiary/aromatic N) is 1. The van der Waals surface area contributed by atoms with Gasteiger partial charge in [-0.05, 0) is 68.9 Å². The fraction of sp³-hybridized carbons (Fsp3) is 0.875. The average Bonchev–Trinajstić information content (AvgIpc) is 2.66. The van der Waals surface area contributed by atoms with Crippen LogP contribution in [0.1, 0.15) is 72.6 Å². The number of aliphatic hydroxyl groups is 2. The van der Waals surface area contributed by atoms with Crippen LogP contribution in [0.15, 0.2) is 11.6 Å². The third-order valence-corrected chi connectivity index (χ3v) is 8.06. The molecular weight excluding hydrogens is 366 g/mol. The monoisotopic (exact) mass is 407 g/mol. The first-order valence-corrected chi connectivity index (χ1v) is 11.7. The van der Waals surface area contributed by atoms with E-state index in [-0.39, 0.29) is 30.5 Å². The Morgan fingerprint density at radius 1 is 1.34 bits per heavy atom. The van der Waals surface area contributed by atoms with Crippen molar-refractivity contribution < 1.29 is 19.7 Å². The van der Waals surface area contributed by atoms with E-state index >= 15 is 0 Å². The van der Waals surface area contributed by atoms with Crippen molar-refractivity contribution in [1.29, 1.82) is 0 Å². The predicted octanol–water partition coefficient (Wildman–Crippen LogP) is 3.53. The Labute approximate surface area is 176 Å². The highest BCUT2D eigenvalue weighted by molar-refractivity contribution is 5.66. The van der Waals surface area contributed by atoms with E-state index in [1.54, 1.807) is 0 Å². The number of likely N-dealkylation sites (tertiary alicyclic amines) is 1. The van der Waals surface area contributed by atoms with Crippen LogP contribution in [0.4, 0.5) is 0 Å². The van der Waals surface area contributed by atoms with Gasteiger partial charge in [0, 0.05) is 38.5 Å². The molecule has 2 aliphatic carbocycles. The number of fused-ring (bicyclic) bond motifs is 1. The Kier molecular flexibility index (Phi) is 7.45. The summed E-state index contributed by atoms with van der Waals surface area (Å²) in [5.74, 6) is 0.955. The summed E-state index contributed by atoms with van der Waals surface area (Å²) in [6, 6.07) is 0.495. The van der Waals surface area contributed by atoms with Crippen molar-refractivity contribution in [2.75, 3.05) is 19.7 Å². The van der Waals surface area contributed by atoms with E-state index in [2.05, 4.69) is 24.8 Å². The lowest BCUT2D eigenvalue weighted by Gasteiger charge is -2.53. The first kappa shape index (κ1) is 22.8. The summed E-state index contributed by atoms with van der Waals surface area (Å²) in [6.07, 6.45) is 9.14. The van der Waals surface area contributed by atoms with Gasteiger partial charge in [0.15, 0.2) is 0 Å². The molecule has 1 saturated heterocycles. The molecule has 5 heteroatoms. The lowest BCUT2D eigenvalue weighted by molar-refractivity contribution is -0.159. The molecular formula is C24H41NO4. The molecule has 2 N–H and O–H groups in total. The lowest BCUT2D eigenvalue weighted by Crippen LogP contribution is -2.56. The minimum absolute atomic E-state index is 0.120. The highest BCUT2D eigenvalue weighted by Crippen LogP contribution is 2.51. The molecule has 0 spiro atoms. The van der Waals surface area contributed by atoms with Gasteiger partial charge in [0.05, 0.1) is 5.60 Å². The highest BCUT2D eigenvalue weighted by Gasteiger charge is 2.52. The number of carbonyl (C=O) groups excluding carboxylic acids is 1. The molecule has 0 aromatic rings. The lowest BCUT2D eigenvalue weighted by atomic mass is 9.57. The second-order valence-corrected chi connectivity index (χ2v) is 10.0. The quantitative estimate of drug-likeness (QED) is 0.521. The summed E-state index contributed by atoms with van der Waals surface area (Å²) in [7, 11) is 0. The van der Waals surface area contributed by atoms with Crippen molar-refractivity contribution in [3.63, 3.8) is 0 Å². The number of esters is 1. The van der Waals surface area contributed by atoms with Crippen LogP contribution in [0.3, 0.4) is 0 Å². The van der Waals surface area contributed by atoms with Crippen LogP contribution >= 0.6 is 0 Å². The molecule has 29 heavy (non-hydrogen) atoms. The van der Waals surface area contributed by atoms with E-state index in [1.165, 1.54) is 26.2 Å². The molecule has 0 unspecified atom stereocenters. The Balaban J connectivity index is 1.77. The topological polar surface area (TPSA) is 70.0 Å². The minimum Gasteiger partial charge on any atom is -0.458 e. The van der Waals surface area contributed by atoms with E-state index in [1.807, 2.05) is 6.92 Å². The van der Waals surface area contributed by atoms with Gasteiger partial charge in [0.1, 0.15) is 6.10 Å². The van der Waals surface area contributed by atoms with Crippen molar-refractivity contribution in [3.05, 3.63) is 11.6 Å². The summed E-state index contributed by atoms with van der Waals surface area (Å²) < 4.78 is 5.53. The molecule has 0 radical (unpaired) electrons. The standard InChI is InChI=1S/C24H41NO4/c1-16-13-22-21(17(2)15-25-11-6-5-7-20(25)10-12-26)9-8-18(3)24(22,28)14-23(16)29-19(4)27/h13,17-18,20-23,26,28H,5-12,14-15H2,1-4H3/t17-,18-,20+,21+,22-,23-,24-/m1/s1. The zero-order valence-electron chi connectivity index (χ0n) is 18.8. The van der Waals surface area contributed by atoms with Crippen LogP contribution in [0.2, 0.25) is 0 Å². The molecule has 0 aromatic heterocycles. The molecule has 1 heterocycles. The maximum Gasteiger partial charge on any atom is 0.303 e. The van der Waals surface area contributed by atoms with E-state index in [4.69, 9.17) is 4.74 Å². The molecule has 2 fully saturated rings. The van der Waals surface area contributed by atoms with Crippen molar-refractivity contribution in [2.45, 2.75) is 90.4 Å². The van der Waals surface area contributed by atoms with Gasteiger partial charge >= 0.3 is 5.97 Å².